The number of hydrogen-bond acceptors (Lipinski definition) is 5. The molecular formula is C8H11NO5S. The van der Waals surface area contributed by atoms with Crippen LogP contribution < -0.4 is 5.73 Å². The average molecular weight is 233 g/mol. The SMILES string of the molecule is CCSC(N)(C(=O)O)C(=O)C=CC(=O)O. The van der Waals surface area contributed by atoms with Gasteiger partial charge in [-0.25, -0.2) is 9.59 Å². The zero-order valence-corrected chi connectivity index (χ0v) is 8.78. The number of hydrogen-bond donors (Lipinski definition) is 3. The van der Waals surface area contributed by atoms with Crippen LogP contribution in [-0.4, -0.2) is 38.6 Å². The van der Waals surface area contributed by atoms with Crippen molar-refractivity contribution in [2.45, 2.75) is 11.8 Å². The van der Waals surface area contributed by atoms with E-state index in [9.17, 15) is 14.4 Å². The van der Waals surface area contributed by atoms with Crippen LogP contribution in [0.5, 0.6) is 0 Å². The maximum atomic E-state index is 11.3. The summed E-state index contributed by atoms with van der Waals surface area (Å²) in [6, 6.07) is 0. The van der Waals surface area contributed by atoms with Gasteiger partial charge in [-0.3, -0.25) is 4.79 Å². The highest BCUT2D eigenvalue weighted by molar-refractivity contribution is 8.02. The van der Waals surface area contributed by atoms with Crippen molar-refractivity contribution in [3.63, 3.8) is 0 Å². The number of nitrogens with two attached hydrogens (primary N) is 1. The molecule has 84 valence electrons. The lowest BCUT2D eigenvalue weighted by Crippen LogP contribution is -2.51. The minimum absolute atomic E-state index is 0.329. The van der Waals surface area contributed by atoms with Gasteiger partial charge in [-0.05, 0) is 11.8 Å². The number of carbonyl (C=O) groups is 3. The summed E-state index contributed by atoms with van der Waals surface area (Å²) in [5.41, 5.74) is 5.35. The van der Waals surface area contributed by atoms with E-state index in [1.807, 2.05) is 0 Å². The maximum Gasteiger partial charge on any atom is 0.342 e. The Labute approximate surface area is 90.1 Å². The Hall–Kier alpha value is -1.34. The van der Waals surface area contributed by atoms with Crippen molar-refractivity contribution in [1.82, 2.24) is 0 Å². The van der Waals surface area contributed by atoms with Gasteiger partial charge in [-0.1, -0.05) is 6.92 Å². The van der Waals surface area contributed by atoms with Crippen LogP contribution >= 0.6 is 11.8 Å². The minimum atomic E-state index is -2.11. The molecule has 1 unspecified atom stereocenters. The third kappa shape index (κ3) is 3.72. The molecule has 0 aromatic heterocycles. The van der Waals surface area contributed by atoms with Gasteiger partial charge in [-0.2, -0.15) is 0 Å². The number of carboxylic acids is 2. The monoisotopic (exact) mass is 233 g/mol. The Balaban J connectivity index is 4.86. The molecule has 0 bridgehead atoms. The number of thioether (sulfide) groups is 1. The third-order valence-electron chi connectivity index (χ3n) is 1.43. The lowest BCUT2D eigenvalue weighted by Gasteiger charge is -2.19. The zero-order chi connectivity index (χ0) is 12.1. The molecule has 0 radical (unpaired) electrons. The van der Waals surface area contributed by atoms with Gasteiger partial charge < -0.3 is 15.9 Å². The van der Waals surface area contributed by atoms with E-state index in [0.717, 1.165) is 11.8 Å². The van der Waals surface area contributed by atoms with Crippen molar-refractivity contribution in [3.8, 4) is 0 Å². The fourth-order valence-electron chi connectivity index (χ4n) is 0.737. The summed E-state index contributed by atoms with van der Waals surface area (Å²) in [6.07, 6.45) is 1.21. The summed E-state index contributed by atoms with van der Waals surface area (Å²) in [6.45, 7) is 1.64. The molecule has 1 atom stereocenters. The largest absolute Gasteiger partial charge is 0.479 e. The number of ketones is 1. The normalized spacial score (nSPS) is 14.8. The smallest absolute Gasteiger partial charge is 0.342 e. The summed E-state index contributed by atoms with van der Waals surface area (Å²) < 4.78 is 0. The van der Waals surface area contributed by atoms with E-state index in [1.165, 1.54) is 0 Å². The topological polar surface area (TPSA) is 118 Å². The molecule has 6 nitrogen and oxygen atoms in total. The first kappa shape index (κ1) is 13.7. The third-order valence-corrected chi connectivity index (χ3v) is 2.55. The van der Waals surface area contributed by atoms with Crippen molar-refractivity contribution in [2.75, 3.05) is 5.75 Å². The predicted octanol–water partition coefficient (Wildman–Crippen LogP) is -0.311. The van der Waals surface area contributed by atoms with Gasteiger partial charge in [0.25, 0.3) is 0 Å². The van der Waals surface area contributed by atoms with Crippen LogP contribution in [0.4, 0.5) is 0 Å². The van der Waals surface area contributed by atoms with Crippen molar-refractivity contribution in [3.05, 3.63) is 12.2 Å². The summed E-state index contributed by atoms with van der Waals surface area (Å²) in [5.74, 6) is -3.45. The van der Waals surface area contributed by atoms with Gasteiger partial charge in [0.1, 0.15) is 0 Å². The molecule has 0 heterocycles. The van der Waals surface area contributed by atoms with Crippen LogP contribution in [0.3, 0.4) is 0 Å². The number of rotatable bonds is 6. The van der Waals surface area contributed by atoms with Crippen molar-refractivity contribution in [1.29, 1.82) is 0 Å². The summed E-state index contributed by atoms with van der Waals surface area (Å²) in [7, 11) is 0. The Kier molecular flexibility index (Phi) is 5.03. The second-order valence-corrected chi connectivity index (χ2v) is 4.02. The first-order chi connectivity index (χ1) is 6.84. The minimum Gasteiger partial charge on any atom is -0.479 e. The highest BCUT2D eigenvalue weighted by Gasteiger charge is 2.40. The molecule has 0 aromatic rings. The van der Waals surface area contributed by atoms with Gasteiger partial charge in [0.05, 0.1) is 0 Å². The molecule has 0 aromatic carbocycles. The molecule has 0 spiro atoms. The maximum absolute atomic E-state index is 11.3. The fourth-order valence-corrected chi connectivity index (χ4v) is 1.53. The van der Waals surface area contributed by atoms with Gasteiger partial charge in [0.2, 0.25) is 4.87 Å². The molecule has 15 heavy (non-hydrogen) atoms. The van der Waals surface area contributed by atoms with Crippen molar-refractivity contribution < 1.29 is 24.6 Å². The summed E-state index contributed by atoms with van der Waals surface area (Å²) in [4.78, 5) is 30.1. The van der Waals surface area contributed by atoms with Crippen LogP contribution in [0, 0.1) is 0 Å². The van der Waals surface area contributed by atoms with Gasteiger partial charge in [-0.15, -0.1) is 11.8 Å². The van der Waals surface area contributed by atoms with Gasteiger partial charge in [0.15, 0.2) is 5.78 Å². The van der Waals surface area contributed by atoms with Crippen LogP contribution in [0.15, 0.2) is 12.2 Å². The van der Waals surface area contributed by atoms with E-state index in [2.05, 4.69) is 0 Å². The van der Waals surface area contributed by atoms with Crippen LogP contribution in [0.1, 0.15) is 6.92 Å². The first-order valence-electron chi connectivity index (χ1n) is 3.96. The highest BCUT2D eigenvalue weighted by Crippen LogP contribution is 2.21. The van der Waals surface area contributed by atoms with E-state index < -0.39 is 22.6 Å². The van der Waals surface area contributed by atoms with Gasteiger partial charge >= 0.3 is 11.9 Å². The number of carboxylic acid groups (broad SMARTS) is 2. The Morgan fingerprint density at radius 2 is 1.87 bits per heavy atom. The molecule has 0 rings (SSSR count). The van der Waals surface area contributed by atoms with E-state index in [4.69, 9.17) is 15.9 Å². The summed E-state index contributed by atoms with van der Waals surface area (Å²) >= 11 is 0.731. The zero-order valence-electron chi connectivity index (χ0n) is 7.97. The molecule has 0 amide bonds. The predicted molar refractivity (Wildman–Crippen MR) is 54.5 cm³/mol. The molecule has 0 aliphatic carbocycles. The van der Waals surface area contributed by atoms with Crippen LogP contribution in [0.25, 0.3) is 0 Å². The van der Waals surface area contributed by atoms with Crippen molar-refractivity contribution in [2.24, 2.45) is 5.73 Å². The quantitative estimate of drug-likeness (QED) is 0.327. The second-order valence-electron chi connectivity index (χ2n) is 2.51. The molecular weight excluding hydrogens is 222 g/mol. The molecule has 0 saturated carbocycles. The van der Waals surface area contributed by atoms with Crippen LogP contribution in [-0.2, 0) is 14.4 Å². The fraction of sp³-hybridized carbons (Fsp3) is 0.375. The molecule has 7 heteroatoms. The Morgan fingerprint density at radius 3 is 2.20 bits per heavy atom. The van der Waals surface area contributed by atoms with E-state index in [0.29, 0.717) is 17.9 Å². The van der Waals surface area contributed by atoms with Crippen LogP contribution in [0.2, 0.25) is 0 Å². The average Bonchev–Trinajstić information content (AvgIpc) is 2.13. The lowest BCUT2D eigenvalue weighted by atomic mass is 10.2. The molecule has 0 aliphatic rings. The first-order valence-corrected chi connectivity index (χ1v) is 4.94. The lowest BCUT2D eigenvalue weighted by molar-refractivity contribution is -0.143. The van der Waals surface area contributed by atoms with E-state index >= 15 is 0 Å². The molecule has 0 aliphatic heterocycles. The number of carbonyl (C=O) groups excluding carboxylic acids is 1. The van der Waals surface area contributed by atoms with E-state index in [-0.39, 0.29) is 0 Å². The number of aliphatic carboxylic acids is 2. The Bertz CT molecular complexity index is 314. The molecule has 0 saturated heterocycles. The highest BCUT2D eigenvalue weighted by atomic mass is 32.2. The summed E-state index contributed by atoms with van der Waals surface area (Å²) in [5, 5.41) is 17.0. The standard InChI is InChI=1S/C8H11NO5S/c1-2-15-8(9,7(13)14)5(10)3-4-6(11)12/h3-4H,2,9H2,1H3,(H,11,12)(H,13,14). The van der Waals surface area contributed by atoms with Gasteiger partial charge in [0, 0.05) is 6.08 Å². The van der Waals surface area contributed by atoms with E-state index in [1.54, 1.807) is 6.92 Å². The molecule has 0 fully saturated rings. The second kappa shape index (κ2) is 5.52. The molecule has 4 N–H and O–H groups in total. The van der Waals surface area contributed by atoms with Crippen molar-refractivity contribution >= 4 is 29.5 Å². The Morgan fingerprint density at radius 1 is 1.33 bits per heavy atom.